The van der Waals surface area contributed by atoms with Crippen molar-refractivity contribution in [2.24, 2.45) is 0 Å². The van der Waals surface area contributed by atoms with Gasteiger partial charge in [0.05, 0.1) is 10.6 Å². The quantitative estimate of drug-likeness (QED) is 0.649. The number of hydrogen-bond donors (Lipinski definition) is 0. The summed E-state index contributed by atoms with van der Waals surface area (Å²) >= 11 is 5.78. The third-order valence-corrected chi connectivity index (χ3v) is 1.76. The molecule has 0 bridgehead atoms. The van der Waals surface area contributed by atoms with Gasteiger partial charge < -0.3 is 4.90 Å². The maximum absolute atomic E-state index is 11.4. The summed E-state index contributed by atoms with van der Waals surface area (Å²) in [5.74, 6) is -0.0889. The van der Waals surface area contributed by atoms with Crippen molar-refractivity contribution in [3.05, 3.63) is 34.9 Å². The molecule has 3 heteroatoms. The van der Waals surface area contributed by atoms with Crippen LogP contribution in [0.1, 0.15) is 10.4 Å². The van der Waals surface area contributed by atoms with Gasteiger partial charge in [0.1, 0.15) is 0 Å². The van der Waals surface area contributed by atoms with Crippen LogP contribution in [0.5, 0.6) is 0 Å². The van der Waals surface area contributed by atoms with Gasteiger partial charge in [0.15, 0.2) is 0 Å². The van der Waals surface area contributed by atoms with E-state index in [0.717, 1.165) is 0 Å². The number of amides is 1. The highest BCUT2D eigenvalue weighted by Gasteiger charge is 2.10. The molecule has 1 aromatic rings. The lowest BCUT2D eigenvalue weighted by Crippen LogP contribution is -2.21. The molecule has 0 saturated heterocycles. The van der Waals surface area contributed by atoms with Crippen LogP contribution in [-0.2, 0) is 0 Å². The molecule has 63 valence electrons. The third kappa shape index (κ3) is 1.77. The van der Waals surface area contributed by atoms with Gasteiger partial charge in [0.25, 0.3) is 5.91 Å². The molecule has 0 aromatic heterocycles. The molecule has 1 amide bonds. The second-order valence-electron chi connectivity index (χ2n) is 2.61. The van der Waals surface area contributed by atoms with Gasteiger partial charge in [0.2, 0.25) is 0 Å². The minimum atomic E-state index is -0.0889. The maximum Gasteiger partial charge on any atom is 0.254 e. The molecule has 0 fully saturated rings. The smallest absolute Gasteiger partial charge is 0.254 e. The number of carbonyl (C=O) groups excluding carboxylic acids is 1. The molecule has 12 heavy (non-hydrogen) atoms. The second-order valence-corrected chi connectivity index (χ2v) is 3.01. The Morgan fingerprint density at radius 1 is 1.58 bits per heavy atom. The SMILES string of the molecule is CN(C)C(=O)c1cc[c]cc1Cl. The molecule has 1 rings (SSSR count). The van der Waals surface area contributed by atoms with Crippen molar-refractivity contribution in [1.82, 2.24) is 4.90 Å². The summed E-state index contributed by atoms with van der Waals surface area (Å²) in [6.07, 6.45) is 0. The van der Waals surface area contributed by atoms with E-state index in [1.165, 1.54) is 4.90 Å². The first kappa shape index (κ1) is 9.07. The van der Waals surface area contributed by atoms with Crippen molar-refractivity contribution in [3.63, 3.8) is 0 Å². The van der Waals surface area contributed by atoms with E-state index < -0.39 is 0 Å². The van der Waals surface area contributed by atoms with Crippen LogP contribution in [0.25, 0.3) is 0 Å². The maximum atomic E-state index is 11.4. The summed E-state index contributed by atoms with van der Waals surface area (Å²) in [5.41, 5.74) is 0.514. The van der Waals surface area contributed by atoms with E-state index in [1.54, 1.807) is 32.3 Å². The molecule has 0 atom stereocenters. The van der Waals surface area contributed by atoms with Crippen LogP contribution < -0.4 is 0 Å². The fraction of sp³-hybridized carbons (Fsp3) is 0.222. The van der Waals surface area contributed by atoms with Crippen LogP contribution >= 0.6 is 11.6 Å². The monoisotopic (exact) mass is 182 g/mol. The Balaban J connectivity index is 3.03. The van der Waals surface area contributed by atoms with Gasteiger partial charge in [-0.05, 0) is 18.2 Å². The number of rotatable bonds is 1. The predicted octanol–water partition coefficient (Wildman–Crippen LogP) is 1.84. The highest BCUT2D eigenvalue weighted by Crippen LogP contribution is 2.15. The Bertz CT molecular complexity index is 296. The van der Waals surface area contributed by atoms with Crippen molar-refractivity contribution < 1.29 is 4.79 Å². The van der Waals surface area contributed by atoms with E-state index >= 15 is 0 Å². The second kappa shape index (κ2) is 3.59. The van der Waals surface area contributed by atoms with Crippen LogP contribution in [0.3, 0.4) is 0 Å². The van der Waals surface area contributed by atoms with E-state index in [2.05, 4.69) is 6.07 Å². The molecular weight excluding hydrogens is 174 g/mol. The van der Waals surface area contributed by atoms with Crippen molar-refractivity contribution >= 4 is 17.5 Å². The highest BCUT2D eigenvalue weighted by molar-refractivity contribution is 6.33. The standard InChI is InChI=1S/C9H9ClNO/c1-11(2)9(12)7-5-3-4-6-8(7)10/h3,5-6H,1-2H3. The van der Waals surface area contributed by atoms with Gasteiger partial charge in [-0.1, -0.05) is 17.7 Å². The molecule has 0 saturated carbocycles. The highest BCUT2D eigenvalue weighted by atomic mass is 35.5. The fourth-order valence-corrected chi connectivity index (χ4v) is 1.03. The number of benzene rings is 1. The molecule has 1 radical (unpaired) electrons. The first-order chi connectivity index (χ1) is 5.63. The Morgan fingerprint density at radius 3 is 2.75 bits per heavy atom. The lowest BCUT2D eigenvalue weighted by atomic mass is 10.2. The van der Waals surface area contributed by atoms with Gasteiger partial charge >= 0.3 is 0 Å². The lowest BCUT2D eigenvalue weighted by molar-refractivity contribution is 0.0828. The molecule has 0 spiro atoms. The summed E-state index contributed by atoms with van der Waals surface area (Å²) in [6.45, 7) is 0. The molecule has 0 unspecified atom stereocenters. The Morgan fingerprint density at radius 2 is 2.25 bits per heavy atom. The predicted molar refractivity (Wildman–Crippen MR) is 48.3 cm³/mol. The molecule has 0 aliphatic rings. The topological polar surface area (TPSA) is 20.3 Å². The first-order valence-corrected chi connectivity index (χ1v) is 3.88. The minimum Gasteiger partial charge on any atom is -0.345 e. The Labute approximate surface area is 76.8 Å². The average molecular weight is 183 g/mol. The molecule has 0 aliphatic carbocycles. The molecule has 0 aliphatic heterocycles. The Hall–Kier alpha value is -1.02. The van der Waals surface area contributed by atoms with E-state index in [1.807, 2.05) is 0 Å². The summed E-state index contributed by atoms with van der Waals surface area (Å²) < 4.78 is 0. The average Bonchev–Trinajstić information content (AvgIpc) is 2.04. The van der Waals surface area contributed by atoms with Crippen molar-refractivity contribution in [2.75, 3.05) is 14.1 Å². The normalized spacial score (nSPS) is 9.58. The van der Waals surface area contributed by atoms with Crippen molar-refractivity contribution in [3.8, 4) is 0 Å². The zero-order valence-electron chi connectivity index (χ0n) is 6.97. The van der Waals surface area contributed by atoms with Gasteiger partial charge in [0, 0.05) is 14.1 Å². The van der Waals surface area contributed by atoms with Crippen LogP contribution in [0.15, 0.2) is 18.2 Å². The number of nitrogens with zero attached hydrogens (tertiary/aromatic N) is 1. The lowest BCUT2D eigenvalue weighted by Gasteiger charge is -2.10. The van der Waals surface area contributed by atoms with E-state index in [0.29, 0.717) is 10.6 Å². The zero-order chi connectivity index (χ0) is 9.14. The number of halogens is 1. The van der Waals surface area contributed by atoms with Crippen LogP contribution in [0, 0.1) is 6.07 Å². The summed E-state index contributed by atoms with van der Waals surface area (Å²) in [5, 5.41) is 0.441. The van der Waals surface area contributed by atoms with E-state index in [-0.39, 0.29) is 5.91 Å². The molecule has 0 heterocycles. The summed E-state index contributed by atoms with van der Waals surface area (Å²) in [6, 6.07) is 7.70. The zero-order valence-corrected chi connectivity index (χ0v) is 7.72. The largest absolute Gasteiger partial charge is 0.345 e. The van der Waals surface area contributed by atoms with Gasteiger partial charge in [-0.15, -0.1) is 0 Å². The number of carbonyl (C=O) groups is 1. The van der Waals surface area contributed by atoms with Crippen molar-refractivity contribution in [2.45, 2.75) is 0 Å². The Kier molecular flexibility index (Phi) is 2.71. The third-order valence-electron chi connectivity index (χ3n) is 1.45. The van der Waals surface area contributed by atoms with E-state index in [4.69, 9.17) is 11.6 Å². The molecular formula is C9H9ClNO. The van der Waals surface area contributed by atoms with Crippen LogP contribution in [0.2, 0.25) is 5.02 Å². The van der Waals surface area contributed by atoms with Crippen LogP contribution in [-0.4, -0.2) is 24.9 Å². The number of hydrogen-bond acceptors (Lipinski definition) is 1. The summed E-state index contributed by atoms with van der Waals surface area (Å²) in [4.78, 5) is 12.9. The minimum absolute atomic E-state index is 0.0889. The van der Waals surface area contributed by atoms with Crippen molar-refractivity contribution in [1.29, 1.82) is 0 Å². The van der Waals surface area contributed by atoms with Gasteiger partial charge in [-0.3, -0.25) is 4.79 Å². The first-order valence-electron chi connectivity index (χ1n) is 3.50. The molecule has 0 N–H and O–H groups in total. The summed E-state index contributed by atoms with van der Waals surface area (Å²) in [7, 11) is 3.38. The fourth-order valence-electron chi connectivity index (χ4n) is 0.824. The van der Waals surface area contributed by atoms with E-state index in [9.17, 15) is 4.79 Å². The van der Waals surface area contributed by atoms with Gasteiger partial charge in [-0.2, -0.15) is 0 Å². The molecule has 1 aromatic carbocycles. The van der Waals surface area contributed by atoms with Crippen LogP contribution in [0.4, 0.5) is 0 Å². The van der Waals surface area contributed by atoms with Gasteiger partial charge in [-0.25, -0.2) is 0 Å². The molecule has 2 nitrogen and oxygen atoms in total.